The molecule has 2 amide bonds. The maximum absolute atomic E-state index is 12.9. The van der Waals surface area contributed by atoms with Crippen LogP contribution in [0.5, 0.6) is 5.75 Å². The van der Waals surface area contributed by atoms with Crippen molar-refractivity contribution in [3.05, 3.63) is 40.3 Å². The highest BCUT2D eigenvalue weighted by Crippen LogP contribution is 2.39. The fourth-order valence-electron chi connectivity index (χ4n) is 3.01. The quantitative estimate of drug-likeness (QED) is 0.675. The first-order valence-corrected chi connectivity index (χ1v) is 9.41. The highest BCUT2D eigenvalue weighted by Gasteiger charge is 2.27. The number of thiophene rings is 1. The Kier molecular flexibility index (Phi) is 5.75. The lowest BCUT2D eigenvalue weighted by molar-refractivity contribution is -0.138. The maximum atomic E-state index is 12.9. The summed E-state index contributed by atoms with van der Waals surface area (Å²) < 4.78 is 5.11. The van der Waals surface area contributed by atoms with Crippen LogP contribution >= 0.6 is 11.3 Å². The molecular formula is C19H20N2O5S. The van der Waals surface area contributed by atoms with Crippen molar-refractivity contribution in [1.29, 1.82) is 0 Å². The van der Waals surface area contributed by atoms with Gasteiger partial charge in [0.15, 0.2) is 0 Å². The molecule has 1 aromatic carbocycles. The number of carboxylic acid groups (broad SMARTS) is 1. The topological polar surface area (TPSA) is 105 Å². The number of rotatable bonds is 7. The van der Waals surface area contributed by atoms with Gasteiger partial charge in [0, 0.05) is 17.0 Å². The lowest BCUT2D eigenvalue weighted by Gasteiger charge is -2.10. The molecule has 0 fully saturated rings. The van der Waals surface area contributed by atoms with E-state index in [1.807, 2.05) is 0 Å². The van der Waals surface area contributed by atoms with Gasteiger partial charge in [-0.15, -0.1) is 11.3 Å². The average molecular weight is 388 g/mol. The minimum atomic E-state index is -1.03. The number of carboxylic acids is 1. The summed E-state index contributed by atoms with van der Waals surface area (Å²) in [6.45, 7) is 0. The van der Waals surface area contributed by atoms with Crippen molar-refractivity contribution >= 4 is 39.8 Å². The largest absolute Gasteiger partial charge is 0.497 e. The third-order valence-electron chi connectivity index (χ3n) is 4.32. The molecule has 3 N–H and O–H groups in total. The number of anilines is 2. The first-order chi connectivity index (χ1) is 13.0. The molecule has 3 rings (SSSR count). The zero-order valence-corrected chi connectivity index (χ0v) is 15.6. The molecule has 0 saturated carbocycles. The number of carbonyl (C=O) groups excluding carboxylic acids is 2. The Morgan fingerprint density at radius 3 is 2.52 bits per heavy atom. The number of aliphatic carboxylic acids is 1. The Morgan fingerprint density at radius 1 is 1.11 bits per heavy atom. The fraction of sp³-hybridized carbons (Fsp3) is 0.316. The van der Waals surface area contributed by atoms with E-state index < -0.39 is 11.9 Å². The molecule has 0 radical (unpaired) electrons. The molecule has 27 heavy (non-hydrogen) atoms. The predicted octanol–water partition coefficient (Wildman–Crippen LogP) is 3.30. The van der Waals surface area contributed by atoms with Gasteiger partial charge in [0.25, 0.3) is 5.91 Å². The van der Waals surface area contributed by atoms with E-state index in [4.69, 9.17) is 9.84 Å². The van der Waals surface area contributed by atoms with Gasteiger partial charge in [-0.25, -0.2) is 0 Å². The molecule has 7 nitrogen and oxygen atoms in total. The molecule has 0 aliphatic heterocycles. The van der Waals surface area contributed by atoms with Gasteiger partial charge in [-0.05, 0) is 49.1 Å². The van der Waals surface area contributed by atoms with Crippen LogP contribution in [-0.2, 0) is 22.4 Å². The zero-order valence-electron chi connectivity index (χ0n) is 14.8. The van der Waals surface area contributed by atoms with Crippen LogP contribution in [0.4, 0.5) is 10.7 Å². The molecule has 142 valence electrons. The van der Waals surface area contributed by atoms with E-state index in [0.29, 0.717) is 22.0 Å². The van der Waals surface area contributed by atoms with Crippen LogP contribution in [-0.4, -0.2) is 30.0 Å². The smallest absolute Gasteiger partial charge is 0.303 e. The minimum Gasteiger partial charge on any atom is -0.497 e. The Bertz CT molecular complexity index is 873. The van der Waals surface area contributed by atoms with E-state index in [-0.39, 0.29) is 18.7 Å². The second-order valence-electron chi connectivity index (χ2n) is 6.19. The van der Waals surface area contributed by atoms with Crippen LogP contribution < -0.4 is 15.4 Å². The molecule has 8 heteroatoms. The van der Waals surface area contributed by atoms with Crippen molar-refractivity contribution in [1.82, 2.24) is 0 Å². The number of ether oxygens (including phenoxy) is 1. The van der Waals surface area contributed by atoms with E-state index in [1.54, 1.807) is 31.4 Å². The van der Waals surface area contributed by atoms with Crippen LogP contribution in [0.2, 0.25) is 0 Å². The lowest BCUT2D eigenvalue weighted by atomic mass is 10.1. The fourth-order valence-corrected chi connectivity index (χ4v) is 4.31. The molecule has 0 unspecified atom stereocenters. The van der Waals surface area contributed by atoms with Crippen LogP contribution in [0.1, 0.15) is 40.1 Å². The van der Waals surface area contributed by atoms with E-state index in [0.717, 1.165) is 29.7 Å². The lowest BCUT2D eigenvalue weighted by Crippen LogP contribution is -2.18. The monoisotopic (exact) mass is 388 g/mol. The summed E-state index contributed by atoms with van der Waals surface area (Å²) in [4.78, 5) is 36.7. The second kappa shape index (κ2) is 8.22. The highest BCUT2D eigenvalue weighted by molar-refractivity contribution is 7.17. The molecule has 0 atom stereocenters. The first-order valence-electron chi connectivity index (χ1n) is 8.59. The van der Waals surface area contributed by atoms with E-state index >= 15 is 0 Å². The maximum Gasteiger partial charge on any atom is 0.303 e. The Hall–Kier alpha value is -2.87. The summed E-state index contributed by atoms with van der Waals surface area (Å²) in [6, 6.07) is 6.99. The molecule has 1 heterocycles. The van der Waals surface area contributed by atoms with Gasteiger partial charge in [-0.2, -0.15) is 0 Å². The molecule has 1 aliphatic rings. The number of nitrogens with one attached hydrogen (secondary N) is 2. The van der Waals surface area contributed by atoms with Gasteiger partial charge in [-0.3, -0.25) is 14.4 Å². The summed E-state index contributed by atoms with van der Waals surface area (Å²) in [6.07, 6.45) is 2.29. The number of methoxy groups -OCH3 is 1. The number of fused-ring (bicyclic) bond motifs is 1. The summed E-state index contributed by atoms with van der Waals surface area (Å²) in [5.74, 6) is -1.03. The minimum absolute atomic E-state index is 0.128. The van der Waals surface area contributed by atoms with Gasteiger partial charge >= 0.3 is 5.97 Å². The SMILES string of the molecule is COc1ccc(NC(=O)c2c(NC(=O)CCC(=O)O)sc3c2CCC3)cc1. The number of carbonyl (C=O) groups is 3. The number of aryl methyl sites for hydroxylation is 1. The Balaban J connectivity index is 1.79. The molecule has 0 saturated heterocycles. The molecule has 1 aliphatic carbocycles. The molecule has 1 aromatic heterocycles. The summed E-state index contributed by atoms with van der Waals surface area (Å²) in [5, 5.41) is 14.8. The van der Waals surface area contributed by atoms with Crippen LogP contribution in [0.3, 0.4) is 0 Å². The Labute approximate surface area is 160 Å². The van der Waals surface area contributed by atoms with Gasteiger partial charge in [-0.1, -0.05) is 0 Å². The number of amides is 2. The molecule has 0 bridgehead atoms. The van der Waals surface area contributed by atoms with Crippen LogP contribution in [0, 0.1) is 0 Å². The molecule has 2 aromatic rings. The van der Waals surface area contributed by atoms with Crippen molar-refractivity contribution in [3.63, 3.8) is 0 Å². The van der Waals surface area contributed by atoms with Crippen molar-refractivity contribution in [2.24, 2.45) is 0 Å². The Morgan fingerprint density at radius 2 is 1.85 bits per heavy atom. The predicted molar refractivity (Wildman–Crippen MR) is 103 cm³/mol. The van der Waals surface area contributed by atoms with Crippen molar-refractivity contribution in [2.75, 3.05) is 17.7 Å². The highest BCUT2D eigenvalue weighted by atomic mass is 32.1. The van der Waals surface area contributed by atoms with E-state index in [9.17, 15) is 14.4 Å². The number of benzene rings is 1. The van der Waals surface area contributed by atoms with E-state index in [2.05, 4.69) is 10.6 Å². The molecular weight excluding hydrogens is 368 g/mol. The van der Waals surface area contributed by atoms with E-state index in [1.165, 1.54) is 11.3 Å². The van der Waals surface area contributed by atoms with Gasteiger partial charge in [0.1, 0.15) is 10.8 Å². The van der Waals surface area contributed by atoms with Crippen molar-refractivity contribution in [2.45, 2.75) is 32.1 Å². The summed E-state index contributed by atoms with van der Waals surface area (Å²) >= 11 is 1.40. The zero-order chi connectivity index (χ0) is 19.4. The molecule has 0 spiro atoms. The van der Waals surface area contributed by atoms with Crippen molar-refractivity contribution < 1.29 is 24.2 Å². The number of hydrogen-bond acceptors (Lipinski definition) is 5. The summed E-state index contributed by atoms with van der Waals surface area (Å²) in [5.41, 5.74) is 2.08. The average Bonchev–Trinajstić information content (AvgIpc) is 3.21. The normalized spacial score (nSPS) is 12.3. The third-order valence-corrected chi connectivity index (χ3v) is 5.52. The van der Waals surface area contributed by atoms with Gasteiger partial charge < -0.3 is 20.5 Å². The van der Waals surface area contributed by atoms with Gasteiger partial charge in [0.05, 0.1) is 19.1 Å². The first kappa shape index (κ1) is 18.9. The van der Waals surface area contributed by atoms with Crippen molar-refractivity contribution in [3.8, 4) is 5.75 Å². The van der Waals surface area contributed by atoms with Gasteiger partial charge in [0.2, 0.25) is 5.91 Å². The second-order valence-corrected chi connectivity index (χ2v) is 7.29. The third kappa shape index (κ3) is 4.46. The summed E-state index contributed by atoms with van der Waals surface area (Å²) in [7, 11) is 1.57. The number of hydrogen-bond donors (Lipinski definition) is 3. The van der Waals surface area contributed by atoms with Crippen LogP contribution in [0.15, 0.2) is 24.3 Å². The van der Waals surface area contributed by atoms with Crippen LogP contribution in [0.25, 0.3) is 0 Å². The standard InChI is InChI=1S/C19H20N2O5S/c1-26-12-7-5-11(6-8-12)20-18(25)17-13-3-2-4-14(13)27-19(17)21-15(22)9-10-16(23)24/h5-8H,2-4,9-10H2,1H3,(H,20,25)(H,21,22)(H,23,24).